The van der Waals surface area contributed by atoms with Crippen LogP contribution in [0.25, 0.3) is 0 Å². The molecule has 0 aromatic heterocycles. The van der Waals surface area contributed by atoms with Crippen molar-refractivity contribution in [3.05, 3.63) is 0 Å². The summed E-state index contributed by atoms with van der Waals surface area (Å²) in [4.78, 5) is 30.4. The van der Waals surface area contributed by atoms with Crippen molar-refractivity contribution in [3.63, 3.8) is 0 Å². The zero-order valence-corrected chi connectivity index (χ0v) is 37.1. The van der Waals surface area contributed by atoms with Gasteiger partial charge in [-0.25, -0.2) is 0 Å². The minimum Gasteiger partial charge on any atom is -0.483 e. The van der Waals surface area contributed by atoms with Crippen LogP contribution in [0.15, 0.2) is 4.99 Å². The van der Waals surface area contributed by atoms with E-state index in [1.807, 2.05) is 25.2 Å². The van der Waals surface area contributed by atoms with Gasteiger partial charge >= 0.3 is 5.97 Å². The second kappa shape index (κ2) is 46.0. The van der Waals surface area contributed by atoms with Crippen LogP contribution in [0.4, 0.5) is 0 Å². The van der Waals surface area contributed by atoms with E-state index < -0.39 is 0 Å². The molecule has 1 unspecified atom stereocenters. The van der Waals surface area contributed by atoms with E-state index in [4.69, 9.17) is 19.9 Å². The second-order valence-electron chi connectivity index (χ2n) is 15.9. The molecule has 0 radical (unpaired) electrons. The maximum Gasteiger partial charge on any atom is 0.308 e. The number of carbonyl (C=O) groups is 2. The van der Waals surface area contributed by atoms with Crippen molar-refractivity contribution >= 4 is 18.4 Å². The van der Waals surface area contributed by atoms with Crippen molar-refractivity contribution in [2.75, 3.05) is 46.9 Å². The molecule has 0 amide bonds. The van der Waals surface area contributed by atoms with Crippen LogP contribution < -0.4 is 5.32 Å². The van der Waals surface area contributed by atoms with Gasteiger partial charge in [-0.05, 0) is 58.2 Å². The first-order valence-electron chi connectivity index (χ1n) is 23.2. The normalized spacial score (nSPS) is 11.8. The molecule has 1 atom stereocenters. The molecule has 0 aromatic carbocycles. The Kier molecular flexibility index (Phi) is 45.8. The number of ether oxygens (including phenoxy) is 1. The van der Waals surface area contributed by atoms with Gasteiger partial charge in [-0.1, -0.05) is 181 Å². The van der Waals surface area contributed by atoms with Crippen LogP contribution in [0.3, 0.4) is 0 Å². The average Bonchev–Trinajstić information content (AvgIpc) is 3.17. The third kappa shape index (κ3) is 41.1. The van der Waals surface area contributed by atoms with Crippen LogP contribution >= 0.6 is 0 Å². The average molecular weight is 778 g/mol. The number of carbonyl (C=O) groups excluding carboxylic acids is 1. The number of nitrogens with zero attached hydrogens (tertiary/aromatic N) is 4. The van der Waals surface area contributed by atoms with E-state index >= 15 is 0 Å². The highest BCUT2D eigenvalue weighted by Gasteiger charge is 2.19. The van der Waals surface area contributed by atoms with Gasteiger partial charge in [0, 0.05) is 20.6 Å². The van der Waals surface area contributed by atoms with Gasteiger partial charge in [-0.2, -0.15) is 5.26 Å². The lowest BCUT2D eigenvalue weighted by Crippen LogP contribution is -2.34. The Balaban J connectivity index is 0. The number of nitrogens with one attached hydrogen (secondary N) is 1. The number of esters is 1. The Morgan fingerprint density at radius 1 is 0.636 bits per heavy atom. The maximum atomic E-state index is 12.9. The summed E-state index contributed by atoms with van der Waals surface area (Å²) in [5, 5.41) is 18.6. The summed E-state index contributed by atoms with van der Waals surface area (Å²) in [7, 11) is 3.83. The molecule has 0 saturated carbocycles. The van der Waals surface area contributed by atoms with E-state index in [1.54, 1.807) is 0 Å². The predicted octanol–water partition coefficient (Wildman–Crippen LogP) is 12.3. The SMILES string of the molecule is CCCCCCCCCCCCCCCCN(CCCCCCCOC(=O)C(CCCCCC)CCCCCCC)CCCN=C(NC#N)N(C)C.O=CO. The van der Waals surface area contributed by atoms with Gasteiger partial charge in [0.25, 0.3) is 6.47 Å². The molecule has 55 heavy (non-hydrogen) atoms. The standard InChI is InChI=1S/C45H89N5O2.CH2O2/c1-6-9-12-15-16-17-18-19-20-21-22-23-26-31-38-50(40-34-37-47-45(48-42-46)49(4)5)39-32-27-24-28-33-41-52-44(51)43(35-29-14-11-8-3)36-30-25-13-10-7-2;2-1-3/h43H,6-41H2,1-5H3,(H,47,48);1H,(H,2,3). The van der Waals surface area contributed by atoms with Crippen molar-refractivity contribution in [1.82, 2.24) is 15.1 Å². The third-order valence-electron chi connectivity index (χ3n) is 10.6. The fourth-order valence-electron chi connectivity index (χ4n) is 7.14. The molecule has 0 aliphatic rings. The Morgan fingerprint density at radius 2 is 1.00 bits per heavy atom. The van der Waals surface area contributed by atoms with Gasteiger partial charge in [-0.3, -0.25) is 19.9 Å². The lowest BCUT2D eigenvalue weighted by Gasteiger charge is -2.22. The fourth-order valence-corrected chi connectivity index (χ4v) is 7.14. The molecular weight excluding hydrogens is 687 g/mol. The highest BCUT2D eigenvalue weighted by Crippen LogP contribution is 2.21. The van der Waals surface area contributed by atoms with Crippen molar-refractivity contribution in [3.8, 4) is 6.19 Å². The van der Waals surface area contributed by atoms with Crippen LogP contribution in [-0.2, 0) is 14.3 Å². The van der Waals surface area contributed by atoms with E-state index in [9.17, 15) is 4.79 Å². The fraction of sp³-hybridized carbons (Fsp3) is 0.913. The van der Waals surface area contributed by atoms with Gasteiger partial charge in [-0.15, -0.1) is 0 Å². The minimum atomic E-state index is -0.250. The number of aliphatic imine (C=N–C) groups is 1. The molecule has 0 saturated heterocycles. The molecule has 0 aromatic rings. The van der Waals surface area contributed by atoms with Crippen LogP contribution in [0.5, 0.6) is 0 Å². The smallest absolute Gasteiger partial charge is 0.308 e. The van der Waals surface area contributed by atoms with Crippen molar-refractivity contribution in [1.29, 1.82) is 5.26 Å². The molecular formula is C46H91N5O4. The van der Waals surface area contributed by atoms with E-state index in [0.717, 1.165) is 64.6 Å². The number of carboxylic acid groups (broad SMARTS) is 1. The minimum absolute atomic E-state index is 0.0663. The summed E-state index contributed by atoms with van der Waals surface area (Å²) in [6.07, 6.45) is 41.5. The van der Waals surface area contributed by atoms with Crippen molar-refractivity contribution in [2.45, 2.75) is 220 Å². The predicted molar refractivity (Wildman–Crippen MR) is 234 cm³/mol. The zero-order chi connectivity index (χ0) is 40.9. The molecule has 0 rings (SSSR count). The largest absolute Gasteiger partial charge is 0.483 e. The van der Waals surface area contributed by atoms with Gasteiger partial charge < -0.3 is 19.6 Å². The summed E-state index contributed by atoms with van der Waals surface area (Å²) >= 11 is 0. The summed E-state index contributed by atoms with van der Waals surface area (Å²) in [6.45, 7) is 11.2. The number of unbranched alkanes of at least 4 members (excludes halogenated alkanes) is 24. The molecule has 0 spiro atoms. The maximum absolute atomic E-state index is 12.9. The van der Waals surface area contributed by atoms with Crippen LogP contribution in [0, 0.1) is 17.4 Å². The van der Waals surface area contributed by atoms with E-state index in [1.165, 1.54) is 161 Å². The lowest BCUT2D eigenvalue weighted by atomic mass is 9.94. The highest BCUT2D eigenvalue weighted by molar-refractivity contribution is 5.80. The number of rotatable bonds is 39. The van der Waals surface area contributed by atoms with Crippen LogP contribution in [-0.4, -0.2) is 80.2 Å². The first-order valence-corrected chi connectivity index (χ1v) is 23.2. The van der Waals surface area contributed by atoms with E-state index in [0.29, 0.717) is 12.6 Å². The molecule has 9 nitrogen and oxygen atoms in total. The van der Waals surface area contributed by atoms with Crippen LogP contribution in [0.1, 0.15) is 220 Å². The quantitative estimate of drug-likeness (QED) is 0.0120. The van der Waals surface area contributed by atoms with E-state index in [2.05, 4.69) is 36.0 Å². The molecule has 2 N–H and O–H groups in total. The summed E-state index contributed by atoms with van der Waals surface area (Å²) in [5.74, 6) is 0.806. The van der Waals surface area contributed by atoms with Crippen LogP contribution in [0.2, 0.25) is 0 Å². The second-order valence-corrected chi connectivity index (χ2v) is 15.9. The summed E-state index contributed by atoms with van der Waals surface area (Å²) in [6, 6.07) is 0. The van der Waals surface area contributed by atoms with Gasteiger partial charge in [0.15, 0.2) is 6.19 Å². The molecule has 9 heteroatoms. The van der Waals surface area contributed by atoms with Crippen molar-refractivity contribution < 1.29 is 19.4 Å². The number of hydrogen-bond acceptors (Lipinski definition) is 6. The molecule has 0 bridgehead atoms. The molecule has 0 fully saturated rings. The number of hydrogen-bond donors (Lipinski definition) is 2. The molecule has 0 aliphatic heterocycles. The topological polar surface area (TPSA) is 118 Å². The highest BCUT2D eigenvalue weighted by atomic mass is 16.5. The first kappa shape index (κ1) is 54.8. The Hall–Kier alpha value is -2.34. The number of nitriles is 1. The Labute approximate surface area is 341 Å². The summed E-state index contributed by atoms with van der Waals surface area (Å²) in [5.41, 5.74) is 0. The number of guanidine groups is 1. The summed E-state index contributed by atoms with van der Waals surface area (Å²) < 4.78 is 5.82. The Bertz CT molecular complexity index is 879. The third-order valence-corrected chi connectivity index (χ3v) is 10.6. The van der Waals surface area contributed by atoms with Crippen molar-refractivity contribution in [2.24, 2.45) is 10.9 Å². The van der Waals surface area contributed by atoms with Gasteiger partial charge in [0.1, 0.15) is 0 Å². The van der Waals surface area contributed by atoms with Gasteiger partial charge in [0.2, 0.25) is 5.96 Å². The lowest BCUT2D eigenvalue weighted by molar-refractivity contribution is -0.149. The monoisotopic (exact) mass is 778 g/mol. The zero-order valence-electron chi connectivity index (χ0n) is 37.1. The molecule has 0 aliphatic carbocycles. The molecule has 0 heterocycles. The van der Waals surface area contributed by atoms with Gasteiger partial charge in [0.05, 0.1) is 12.5 Å². The van der Waals surface area contributed by atoms with E-state index in [-0.39, 0.29) is 18.4 Å². The Morgan fingerprint density at radius 3 is 1.42 bits per heavy atom. The first-order chi connectivity index (χ1) is 26.9. The molecule has 324 valence electrons.